The van der Waals surface area contributed by atoms with Crippen molar-refractivity contribution in [2.24, 2.45) is 0 Å². The van der Waals surface area contributed by atoms with E-state index >= 15 is 0 Å². The Morgan fingerprint density at radius 1 is 1.17 bits per heavy atom. The van der Waals surface area contributed by atoms with E-state index < -0.39 is 0 Å². The van der Waals surface area contributed by atoms with Crippen LogP contribution >= 0.6 is 0 Å². The fourth-order valence-electron chi connectivity index (χ4n) is 3.95. The molecule has 2 amide bonds. The normalized spacial score (nSPS) is 30.7. The Hall–Kier alpha value is -1.22. The van der Waals surface area contributed by atoms with Crippen LogP contribution in [-0.2, 0) is 9.59 Å². The molecule has 0 aromatic rings. The lowest BCUT2D eigenvalue weighted by Crippen LogP contribution is -2.64. The first-order chi connectivity index (χ1) is 11.6. The molecular weight excluding hydrogens is 308 g/mol. The average Bonchev–Trinajstić information content (AvgIpc) is 2.60. The van der Waals surface area contributed by atoms with Crippen molar-refractivity contribution in [3.63, 3.8) is 0 Å². The summed E-state index contributed by atoms with van der Waals surface area (Å²) in [6, 6.07) is -0.0808. The highest BCUT2D eigenvalue weighted by atomic mass is 16.2. The Balaban J connectivity index is 1.52. The van der Waals surface area contributed by atoms with Gasteiger partial charge < -0.3 is 15.5 Å². The number of hydrogen-bond donors (Lipinski definition) is 2. The summed E-state index contributed by atoms with van der Waals surface area (Å²) in [6.07, 6.45) is 0. The van der Waals surface area contributed by atoms with Crippen LogP contribution in [0, 0.1) is 0 Å². The molecule has 3 aliphatic rings. The van der Waals surface area contributed by atoms with Gasteiger partial charge in [0.05, 0.1) is 0 Å². The predicted molar refractivity (Wildman–Crippen MR) is 91.7 cm³/mol. The topological polar surface area (TPSA) is 71.2 Å². The molecule has 0 radical (unpaired) electrons. The maximum atomic E-state index is 12.2. The molecule has 0 aliphatic carbocycles. The lowest BCUT2D eigenvalue weighted by atomic mass is 10.1. The van der Waals surface area contributed by atoms with E-state index in [1.54, 1.807) is 7.05 Å². The van der Waals surface area contributed by atoms with E-state index in [4.69, 9.17) is 0 Å². The first-order valence-electron chi connectivity index (χ1n) is 8.97. The molecule has 136 valence electrons. The summed E-state index contributed by atoms with van der Waals surface area (Å²) in [5.41, 5.74) is 0. The van der Waals surface area contributed by atoms with Crippen molar-refractivity contribution < 1.29 is 9.59 Å². The fourth-order valence-corrected chi connectivity index (χ4v) is 3.95. The molecule has 3 fully saturated rings. The number of amides is 2. The maximum absolute atomic E-state index is 12.2. The van der Waals surface area contributed by atoms with Gasteiger partial charge in [-0.3, -0.25) is 24.3 Å². The third kappa shape index (κ3) is 3.88. The molecule has 8 nitrogen and oxygen atoms in total. The molecule has 3 saturated heterocycles. The predicted octanol–water partition coefficient (Wildman–Crippen LogP) is -2.54. The highest BCUT2D eigenvalue weighted by Gasteiger charge is 2.35. The summed E-state index contributed by atoms with van der Waals surface area (Å²) < 4.78 is 0. The summed E-state index contributed by atoms with van der Waals surface area (Å²) in [4.78, 5) is 33.4. The molecule has 2 atom stereocenters. The van der Waals surface area contributed by atoms with Crippen molar-refractivity contribution in [2.75, 3.05) is 79.5 Å². The standard InChI is InChI=1S/C16H30N6O2/c1-17-15(23)13-11-19(2)5-8-22(13)10-7-20-6-9-21-4-3-18-16(24)14(21)12-20/h13-14H,3-12H2,1-2H3,(H,17,23)(H,18,24). The number of piperazine rings is 3. The highest BCUT2D eigenvalue weighted by Crippen LogP contribution is 2.14. The first-order valence-corrected chi connectivity index (χ1v) is 8.97. The monoisotopic (exact) mass is 338 g/mol. The van der Waals surface area contributed by atoms with Crippen molar-refractivity contribution in [2.45, 2.75) is 12.1 Å². The largest absolute Gasteiger partial charge is 0.358 e. The number of rotatable bonds is 4. The molecule has 0 spiro atoms. The van der Waals surface area contributed by atoms with E-state index in [-0.39, 0.29) is 23.9 Å². The van der Waals surface area contributed by atoms with Crippen molar-refractivity contribution in [3.05, 3.63) is 0 Å². The summed E-state index contributed by atoms with van der Waals surface area (Å²) in [7, 11) is 3.77. The fraction of sp³-hybridized carbons (Fsp3) is 0.875. The van der Waals surface area contributed by atoms with E-state index in [1.165, 1.54) is 0 Å². The molecule has 2 N–H and O–H groups in total. The van der Waals surface area contributed by atoms with Gasteiger partial charge in [0.1, 0.15) is 12.1 Å². The Morgan fingerprint density at radius 3 is 2.79 bits per heavy atom. The molecule has 3 rings (SSSR count). The van der Waals surface area contributed by atoms with Crippen molar-refractivity contribution in [1.82, 2.24) is 30.2 Å². The lowest BCUT2D eigenvalue weighted by molar-refractivity contribution is -0.131. The number of hydrogen-bond acceptors (Lipinski definition) is 6. The zero-order valence-electron chi connectivity index (χ0n) is 14.8. The summed E-state index contributed by atoms with van der Waals surface area (Å²) in [6.45, 7) is 8.95. The Labute approximate surface area is 144 Å². The molecule has 3 aliphatic heterocycles. The van der Waals surface area contributed by atoms with Gasteiger partial charge in [-0.1, -0.05) is 0 Å². The molecule has 3 heterocycles. The quantitative estimate of drug-likeness (QED) is 0.589. The van der Waals surface area contributed by atoms with Crippen molar-refractivity contribution in [1.29, 1.82) is 0 Å². The SMILES string of the molecule is CNC(=O)C1CN(C)CCN1CCN1CCN2CCNC(=O)C2C1. The van der Waals surface area contributed by atoms with Crippen LogP contribution in [0.15, 0.2) is 0 Å². The number of carbonyl (C=O) groups is 2. The van der Waals surface area contributed by atoms with E-state index in [0.717, 1.165) is 65.4 Å². The Kier molecular flexibility index (Phi) is 5.70. The molecule has 0 bridgehead atoms. The maximum Gasteiger partial charge on any atom is 0.238 e. The number of nitrogens with zero attached hydrogens (tertiary/aromatic N) is 4. The van der Waals surface area contributed by atoms with Gasteiger partial charge in [0.25, 0.3) is 0 Å². The van der Waals surface area contributed by atoms with Crippen LogP contribution in [0.4, 0.5) is 0 Å². The van der Waals surface area contributed by atoms with Gasteiger partial charge in [0.15, 0.2) is 0 Å². The minimum atomic E-state index is -0.0759. The van der Waals surface area contributed by atoms with E-state index in [9.17, 15) is 9.59 Å². The highest BCUT2D eigenvalue weighted by molar-refractivity contribution is 5.83. The van der Waals surface area contributed by atoms with Crippen LogP contribution in [0.25, 0.3) is 0 Å². The minimum Gasteiger partial charge on any atom is -0.358 e. The number of likely N-dealkylation sites (N-methyl/N-ethyl adjacent to an activating group) is 2. The molecular formula is C16H30N6O2. The van der Waals surface area contributed by atoms with Crippen LogP contribution in [0.3, 0.4) is 0 Å². The summed E-state index contributed by atoms with van der Waals surface area (Å²) in [5.74, 6) is 0.256. The second kappa shape index (κ2) is 7.77. The molecule has 24 heavy (non-hydrogen) atoms. The molecule has 0 saturated carbocycles. The van der Waals surface area contributed by atoms with E-state index in [1.807, 2.05) is 0 Å². The van der Waals surface area contributed by atoms with Gasteiger partial charge in [0.2, 0.25) is 11.8 Å². The van der Waals surface area contributed by atoms with Gasteiger partial charge in [-0.15, -0.1) is 0 Å². The second-order valence-electron chi connectivity index (χ2n) is 7.07. The van der Waals surface area contributed by atoms with E-state index in [2.05, 4.69) is 37.3 Å². The van der Waals surface area contributed by atoms with Crippen LogP contribution in [0.5, 0.6) is 0 Å². The molecule has 0 aromatic carbocycles. The zero-order chi connectivity index (χ0) is 17.1. The molecule has 8 heteroatoms. The minimum absolute atomic E-state index is 0.00488. The van der Waals surface area contributed by atoms with Crippen LogP contribution < -0.4 is 10.6 Å². The van der Waals surface area contributed by atoms with Gasteiger partial charge in [-0.25, -0.2) is 0 Å². The first kappa shape index (κ1) is 17.6. The Morgan fingerprint density at radius 2 is 2.00 bits per heavy atom. The van der Waals surface area contributed by atoms with Crippen molar-refractivity contribution >= 4 is 11.8 Å². The third-order valence-corrected chi connectivity index (χ3v) is 5.52. The second-order valence-corrected chi connectivity index (χ2v) is 7.07. The van der Waals surface area contributed by atoms with E-state index in [0.29, 0.717) is 0 Å². The summed E-state index contributed by atoms with van der Waals surface area (Å²) in [5, 5.41) is 5.75. The Bertz CT molecular complexity index is 473. The lowest BCUT2D eigenvalue weighted by Gasteiger charge is -2.44. The van der Waals surface area contributed by atoms with Gasteiger partial charge >= 0.3 is 0 Å². The van der Waals surface area contributed by atoms with Crippen LogP contribution in [0.1, 0.15) is 0 Å². The van der Waals surface area contributed by atoms with Crippen LogP contribution in [-0.4, -0.2) is 123 Å². The number of nitrogens with one attached hydrogen (secondary N) is 2. The van der Waals surface area contributed by atoms with Gasteiger partial charge in [-0.05, 0) is 7.05 Å². The number of fused-ring (bicyclic) bond motifs is 1. The summed E-state index contributed by atoms with van der Waals surface area (Å²) >= 11 is 0. The smallest absolute Gasteiger partial charge is 0.238 e. The van der Waals surface area contributed by atoms with Gasteiger partial charge in [0, 0.05) is 72.5 Å². The molecule has 2 unspecified atom stereocenters. The number of carbonyl (C=O) groups excluding carboxylic acids is 2. The average molecular weight is 338 g/mol. The zero-order valence-corrected chi connectivity index (χ0v) is 14.8. The van der Waals surface area contributed by atoms with Crippen LogP contribution in [0.2, 0.25) is 0 Å². The van der Waals surface area contributed by atoms with Gasteiger partial charge in [-0.2, -0.15) is 0 Å². The van der Waals surface area contributed by atoms with Crippen molar-refractivity contribution in [3.8, 4) is 0 Å². The molecule has 0 aromatic heterocycles. The third-order valence-electron chi connectivity index (χ3n) is 5.52.